The van der Waals surface area contributed by atoms with Crippen LogP contribution in [-0.4, -0.2) is 35.3 Å². The van der Waals surface area contributed by atoms with E-state index >= 15 is 0 Å². The third kappa shape index (κ3) is 5.70. The lowest BCUT2D eigenvalue weighted by atomic mass is 10.1. The molecule has 7 heteroatoms. The lowest BCUT2D eigenvalue weighted by molar-refractivity contribution is -0.0110. The number of nitrogens with one attached hydrogen (secondary N) is 2. The fraction of sp³-hybridized carbons (Fsp3) is 0.421. The van der Waals surface area contributed by atoms with Crippen LogP contribution in [0, 0.1) is 6.92 Å². The number of urea groups is 1. The van der Waals surface area contributed by atoms with Gasteiger partial charge < -0.3 is 20.1 Å². The third-order valence-electron chi connectivity index (χ3n) is 4.09. The first-order valence-corrected chi connectivity index (χ1v) is 8.86. The minimum Gasteiger partial charge on any atom is -0.491 e. The number of carbonyl (C=O) groups is 1. The molecule has 1 aromatic heterocycles. The first kappa shape index (κ1) is 18.1. The summed E-state index contributed by atoms with van der Waals surface area (Å²) in [6.07, 6.45) is 6.88. The van der Waals surface area contributed by atoms with Gasteiger partial charge in [0.1, 0.15) is 12.4 Å². The number of aryl methyl sites for hydroxylation is 1. The molecule has 1 aliphatic rings. The molecule has 0 bridgehead atoms. The Morgan fingerprint density at radius 2 is 2.08 bits per heavy atom. The number of hydrogen-bond acceptors (Lipinski definition) is 5. The van der Waals surface area contributed by atoms with Crippen LogP contribution >= 0.6 is 0 Å². The van der Waals surface area contributed by atoms with Crippen LogP contribution in [0.4, 0.5) is 10.5 Å². The van der Waals surface area contributed by atoms with Gasteiger partial charge in [-0.25, -0.2) is 4.79 Å². The van der Waals surface area contributed by atoms with Crippen molar-refractivity contribution in [3.63, 3.8) is 0 Å². The molecular weight excluding hydrogens is 332 g/mol. The molecule has 2 aromatic rings. The number of ether oxygens (including phenoxy) is 2. The van der Waals surface area contributed by atoms with E-state index in [9.17, 15) is 4.79 Å². The quantitative estimate of drug-likeness (QED) is 0.831. The van der Waals surface area contributed by atoms with E-state index in [4.69, 9.17) is 9.47 Å². The topological polar surface area (TPSA) is 85.4 Å². The summed E-state index contributed by atoms with van der Waals surface area (Å²) in [6.45, 7) is 3.57. The lowest BCUT2D eigenvalue weighted by Crippen LogP contribution is -2.28. The molecule has 2 heterocycles. The zero-order valence-corrected chi connectivity index (χ0v) is 14.9. The van der Waals surface area contributed by atoms with Crippen molar-refractivity contribution in [3.8, 4) is 5.75 Å². The summed E-state index contributed by atoms with van der Waals surface area (Å²) >= 11 is 0. The second kappa shape index (κ2) is 9.15. The highest BCUT2D eigenvalue weighted by atomic mass is 16.5. The Labute approximate surface area is 153 Å². The standard InChI is InChI=1S/C19H24N4O3/c1-14-10-21-16(11-20-14)12-22-19(24)23-15-5-7-17(8-6-15)26-13-18-4-2-3-9-25-18/h5-8,10-11,18H,2-4,9,12-13H2,1H3,(H2,22,23,24). The average Bonchev–Trinajstić information content (AvgIpc) is 2.68. The minimum atomic E-state index is -0.295. The largest absolute Gasteiger partial charge is 0.491 e. The van der Waals surface area contributed by atoms with Gasteiger partial charge in [0.25, 0.3) is 0 Å². The van der Waals surface area contributed by atoms with Gasteiger partial charge in [0.2, 0.25) is 0 Å². The Balaban J connectivity index is 1.41. The molecule has 3 rings (SSSR count). The summed E-state index contributed by atoms with van der Waals surface area (Å²) in [5.74, 6) is 0.764. The number of hydrogen-bond donors (Lipinski definition) is 2. The van der Waals surface area contributed by atoms with E-state index in [0.717, 1.165) is 30.9 Å². The van der Waals surface area contributed by atoms with Crippen molar-refractivity contribution in [2.24, 2.45) is 0 Å². The van der Waals surface area contributed by atoms with Gasteiger partial charge in [0.15, 0.2) is 0 Å². The Bertz CT molecular complexity index is 698. The van der Waals surface area contributed by atoms with Crippen LogP contribution in [0.15, 0.2) is 36.7 Å². The van der Waals surface area contributed by atoms with Gasteiger partial charge in [-0.1, -0.05) is 0 Å². The summed E-state index contributed by atoms with van der Waals surface area (Å²) < 4.78 is 11.4. The fourth-order valence-electron chi connectivity index (χ4n) is 2.62. The molecular formula is C19H24N4O3. The van der Waals surface area contributed by atoms with Crippen molar-refractivity contribution in [1.29, 1.82) is 0 Å². The SMILES string of the molecule is Cc1cnc(CNC(=O)Nc2ccc(OCC3CCCCO3)cc2)cn1. The van der Waals surface area contributed by atoms with E-state index in [1.54, 1.807) is 12.4 Å². The second-order valence-electron chi connectivity index (χ2n) is 6.28. The summed E-state index contributed by atoms with van der Waals surface area (Å²) in [5.41, 5.74) is 2.24. The molecule has 1 saturated heterocycles. The molecule has 1 aliphatic heterocycles. The number of aromatic nitrogens is 2. The number of rotatable bonds is 6. The van der Waals surface area contributed by atoms with E-state index in [1.807, 2.05) is 31.2 Å². The van der Waals surface area contributed by atoms with Gasteiger partial charge in [0, 0.05) is 18.5 Å². The maximum Gasteiger partial charge on any atom is 0.319 e. The predicted molar refractivity (Wildman–Crippen MR) is 98.2 cm³/mol. The van der Waals surface area contributed by atoms with Gasteiger partial charge in [-0.05, 0) is 50.5 Å². The molecule has 0 radical (unpaired) electrons. The zero-order chi connectivity index (χ0) is 18.2. The molecule has 1 fully saturated rings. The van der Waals surface area contributed by atoms with Crippen LogP contribution in [0.1, 0.15) is 30.7 Å². The van der Waals surface area contributed by atoms with Gasteiger partial charge in [0.05, 0.1) is 30.2 Å². The first-order chi connectivity index (χ1) is 12.7. The van der Waals surface area contributed by atoms with Crippen LogP contribution in [0.5, 0.6) is 5.75 Å². The Morgan fingerprint density at radius 1 is 1.23 bits per heavy atom. The molecule has 7 nitrogen and oxygen atoms in total. The molecule has 2 amide bonds. The van der Waals surface area contributed by atoms with E-state index in [1.165, 1.54) is 6.42 Å². The van der Waals surface area contributed by atoms with Crippen LogP contribution in [0.25, 0.3) is 0 Å². The van der Waals surface area contributed by atoms with Crippen molar-refractivity contribution in [2.45, 2.75) is 38.8 Å². The zero-order valence-electron chi connectivity index (χ0n) is 14.9. The van der Waals surface area contributed by atoms with Crippen LogP contribution in [0.3, 0.4) is 0 Å². The molecule has 2 N–H and O–H groups in total. The fourth-order valence-corrected chi connectivity index (χ4v) is 2.62. The lowest BCUT2D eigenvalue weighted by Gasteiger charge is -2.22. The third-order valence-corrected chi connectivity index (χ3v) is 4.09. The number of nitrogens with zero attached hydrogens (tertiary/aromatic N) is 2. The highest BCUT2D eigenvalue weighted by Gasteiger charge is 2.14. The Hall–Kier alpha value is -2.67. The summed E-state index contributed by atoms with van der Waals surface area (Å²) in [7, 11) is 0. The molecule has 1 unspecified atom stereocenters. The van der Waals surface area contributed by atoms with Gasteiger partial charge in [-0.3, -0.25) is 9.97 Å². The smallest absolute Gasteiger partial charge is 0.319 e. The van der Waals surface area contributed by atoms with E-state index < -0.39 is 0 Å². The van der Waals surface area contributed by atoms with Crippen molar-refractivity contribution < 1.29 is 14.3 Å². The Kier molecular flexibility index (Phi) is 6.38. The van der Waals surface area contributed by atoms with E-state index in [-0.39, 0.29) is 12.1 Å². The number of anilines is 1. The first-order valence-electron chi connectivity index (χ1n) is 8.86. The van der Waals surface area contributed by atoms with E-state index in [2.05, 4.69) is 20.6 Å². The van der Waals surface area contributed by atoms with Gasteiger partial charge >= 0.3 is 6.03 Å². The van der Waals surface area contributed by atoms with Gasteiger partial charge in [-0.2, -0.15) is 0 Å². The average molecular weight is 356 g/mol. The van der Waals surface area contributed by atoms with Crippen LogP contribution in [-0.2, 0) is 11.3 Å². The molecule has 0 spiro atoms. The molecule has 138 valence electrons. The molecule has 1 aromatic carbocycles. The number of carbonyl (C=O) groups excluding carboxylic acids is 1. The van der Waals surface area contributed by atoms with E-state index in [0.29, 0.717) is 24.5 Å². The molecule has 0 aliphatic carbocycles. The summed E-state index contributed by atoms with van der Waals surface area (Å²) in [4.78, 5) is 20.3. The van der Waals surface area contributed by atoms with Crippen molar-refractivity contribution in [1.82, 2.24) is 15.3 Å². The highest BCUT2D eigenvalue weighted by molar-refractivity contribution is 5.89. The highest BCUT2D eigenvalue weighted by Crippen LogP contribution is 2.18. The second-order valence-corrected chi connectivity index (χ2v) is 6.28. The molecule has 0 saturated carbocycles. The maximum absolute atomic E-state index is 12.0. The minimum absolute atomic E-state index is 0.178. The normalized spacial score (nSPS) is 16.7. The predicted octanol–water partition coefficient (Wildman–Crippen LogP) is 3.05. The summed E-state index contributed by atoms with van der Waals surface area (Å²) in [6, 6.07) is 7.00. The maximum atomic E-state index is 12.0. The Morgan fingerprint density at radius 3 is 2.77 bits per heavy atom. The van der Waals surface area contributed by atoms with Crippen molar-refractivity contribution in [2.75, 3.05) is 18.5 Å². The summed E-state index contributed by atoms with van der Waals surface area (Å²) in [5, 5.41) is 5.53. The van der Waals surface area contributed by atoms with Crippen LogP contribution in [0.2, 0.25) is 0 Å². The van der Waals surface area contributed by atoms with Crippen molar-refractivity contribution in [3.05, 3.63) is 48.0 Å². The van der Waals surface area contributed by atoms with Crippen molar-refractivity contribution >= 4 is 11.7 Å². The molecule has 26 heavy (non-hydrogen) atoms. The number of benzene rings is 1. The molecule has 1 atom stereocenters. The van der Waals surface area contributed by atoms with Crippen LogP contribution < -0.4 is 15.4 Å². The monoisotopic (exact) mass is 356 g/mol. The number of amides is 2. The van der Waals surface area contributed by atoms with Gasteiger partial charge in [-0.15, -0.1) is 0 Å².